The molecule has 22 heavy (non-hydrogen) atoms. The summed E-state index contributed by atoms with van der Waals surface area (Å²) in [7, 11) is 0. The van der Waals surface area contributed by atoms with E-state index in [-0.39, 0.29) is 11.9 Å². The van der Waals surface area contributed by atoms with Crippen molar-refractivity contribution in [3.05, 3.63) is 16.6 Å². The van der Waals surface area contributed by atoms with Crippen molar-refractivity contribution < 1.29 is 9.53 Å². The van der Waals surface area contributed by atoms with Crippen molar-refractivity contribution in [2.45, 2.75) is 50.7 Å². The number of ether oxygens (including phenoxy) is 1. The van der Waals surface area contributed by atoms with Crippen molar-refractivity contribution in [1.82, 2.24) is 9.88 Å². The normalized spacial score (nSPS) is 26.1. The number of carbonyl (C=O) groups is 1. The Morgan fingerprint density at radius 3 is 3.05 bits per heavy atom. The zero-order chi connectivity index (χ0) is 15.2. The topological polar surface area (TPSA) is 42.4 Å². The molecule has 4 nitrogen and oxygen atoms in total. The first kappa shape index (κ1) is 16.3. The summed E-state index contributed by atoms with van der Waals surface area (Å²) in [5.41, 5.74) is 0. The fraction of sp³-hybridized carbons (Fsp3) is 0.750. The monoisotopic (exact) mass is 340 g/mol. The van der Waals surface area contributed by atoms with Gasteiger partial charge in [0.05, 0.1) is 17.9 Å². The van der Waals surface area contributed by atoms with E-state index in [1.165, 1.54) is 19.3 Å². The van der Waals surface area contributed by atoms with E-state index >= 15 is 0 Å². The third-order valence-corrected chi connectivity index (χ3v) is 6.30. The van der Waals surface area contributed by atoms with E-state index in [0.717, 1.165) is 43.2 Å². The van der Waals surface area contributed by atoms with Crippen LogP contribution in [-0.4, -0.2) is 46.6 Å². The van der Waals surface area contributed by atoms with Crippen LogP contribution in [0.2, 0.25) is 0 Å². The predicted molar refractivity (Wildman–Crippen MR) is 91.3 cm³/mol. The molecule has 0 aliphatic carbocycles. The summed E-state index contributed by atoms with van der Waals surface area (Å²) in [6.45, 7) is 1.76. The standard InChI is InChI=1S/C16H24N2O2S2/c19-15(12-21-11-13-5-2-4-9-20-13)18-8-3-1-6-14(18)16-17-7-10-22-16/h7,10,13-14H,1-6,8-9,11-12H2/t13-,14+/m0/s1. The number of hydrogen-bond donors (Lipinski definition) is 0. The van der Waals surface area contributed by atoms with Crippen LogP contribution in [0, 0.1) is 0 Å². The molecule has 2 aliphatic rings. The highest BCUT2D eigenvalue weighted by atomic mass is 32.2. The first-order valence-corrected chi connectivity index (χ1v) is 10.3. The second-order valence-corrected chi connectivity index (χ2v) is 7.93. The number of thioether (sulfide) groups is 1. The Labute approximate surface area is 140 Å². The van der Waals surface area contributed by atoms with Crippen molar-refractivity contribution in [3.63, 3.8) is 0 Å². The Hall–Kier alpha value is -0.590. The van der Waals surface area contributed by atoms with Gasteiger partial charge in [-0.15, -0.1) is 23.1 Å². The van der Waals surface area contributed by atoms with Gasteiger partial charge in [-0.25, -0.2) is 4.98 Å². The Morgan fingerprint density at radius 2 is 2.27 bits per heavy atom. The Balaban J connectivity index is 1.49. The van der Waals surface area contributed by atoms with Crippen LogP contribution in [0.1, 0.15) is 49.6 Å². The molecular weight excluding hydrogens is 316 g/mol. The lowest BCUT2D eigenvalue weighted by Gasteiger charge is -2.34. The van der Waals surface area contributed by atoms with Crippen LogP contribution in [0.5, 0.6) is 0 Å². The zero-order valence-electron chi connectivity index (χ0n) is 12.9. The molecule has 0 spiro atoms. The third kappa shape index (κ3) is 4.24. The summed E-state index contributed by atoms with van der Waals surface area (Å²) in [5, 5.41) is 3.09. The van der Waals surface area contributed by atoms with E-state index in [0.29, 0.717) is 11.9 Å². The third-order valence-electron chi connectivity index (χ3n) is 4.36. The van der Waals surface area contributed by atoms with E-state index in [4.69, 9.17) is 4.74 Å². The Kier molecular flexibility index (Phi) is 6.15. The van der Waals surface area contributed by atoms with Gasteiger partial charge < -0.3 is 9.64 Å². The van der Waals surface area contributed by atoms with Gasteiger partial charge in [-0.2, -0.15) is 0 Å². The summed E-state index contributed by atoms with van der Waals surface area (Å²) in [6, 6.07) is 0.202. The van der Waals surface area contributed by atoms with Gasteiger partial charge in [0.1, 0.15) is 5.01 Å². The van der Waals surface area contributed by atoms with Gasteiger partial charge in [-0.1, -0.05) is 0 Å². The molecule has 0 radical (unpaired) electrons. The van der Waals surface area contributed by atoms with Crippen LogP contribution in [0.3, 0.4) is 0 Å². The molecule has 1 aromatic heterocycles. The van der Waals surface area contributed by atoms with Gasteiger partial charge in [0.2, 0.25) is 5.91 Å². The van der Waals surface area contributed by atoms with E-state index in [1.807, 2.05) is 11.6 Å². The quantitative estimate of drug-likeness (QED) is 0.823. The number of aromatic nitrogens is 1. The fourth-order valence-corrected chi connectivity index (χ4v) is 4.95. The minimum absolute atomic E-state index is 0.202. The number of rotatable bonds is 5. The SMILES string of the molecule is O=C(CSC[C@@H]1CCCCO1)N1CCCC[C@@H]1c1nccs1. The molecule has 2 atom stereocenters. The fourth-order valence-electron chi connectivity index (χ4n) is 3.19. The van der Waals surface area contributed by atoms with E-state index < -0.39 is 0 Å². The number of hydrogen-bond acceptors (Lipinski definition) is 5. The summed E-state index contributed by atoms with van der Waals surface area (Å²) in [4.78, 5) is 19.1. The van der Waals surface area contributed by atoms with E-state index in [9.17, 15) is 4.79 Å². The predicted octanol–water partition coefficient (Wildman–Crippen LogP) is 3.50. The maximum absolute atomic E-state index is 12.6. The van der Waals surface area contributed by atoms with Crippen molar-refractivity contribution in [3.8, 4) is 0 Å². The van der Waals surface area contributed by atoms with Crippen LogP contribution >= 0.6 is 23.1 Å². The van der Waals surface area contributed by atoms with Crippen LogP contribution < -0.4 is 0 Å². The van der Waals surface area contributed by atoms with Gasteiger partial charge >= 0.3 is 0 Å². The van der Waals surface area contributed by atoms with Crippen LogP contribution in [0.25, 0.3) is 0 Å². The number of piperidine rings is 1. The highest BCUT2D eigenvalue weighted by Crippen LogP contribution is 2.32. The highest BCUT2D eigenvalue weighted by Gasteiger charge is 2.29. The molecule has 1 aromatic rings. The smallest absolute Gasteiger partial charge is 0.233 e. The maximum Gasteiger partial charge on any atom is 0.233 e. The molecule has 2 fully saturated rings. The van der Waals surface area contributed by atoms with Crippen LogP contribution in [-0.2, 0) is 9.53 Å². The molecule has 3 heterocycles. The first-order chi connectivity index (χ1) is 10.8. The van der Waals surface area contributed by atoms with Crippen molar-refractivity contribution >= 4 is 29.0 Å². The Bertz CT molecular complexity index is 461. The minimum atomic E-state index is 0.202. The van der Waals surface area contributed by atoms with Crippen molar-refractivity contribution in [1.29, 1.82) is 0 Å². The molecule has 2 saturated heterocycles. The highest BCUT2D eigenvalue weighted by molar-refractivity contribution is 7.99. The number of carbonyl (C=O) groups excluding carboxylic acids is 1. The van der Waals surface area contributed by atoms with Crippen LogP contribution in [0.4, 0.5) is 0 Å². The molecule has 0 N–H and O–H groups in total. The van der Waals surface area contributed by atoms with Gasteiger partial charge in [0.15, 0.2) is 0 Å². The number of amides is 1. The minimum Gasteiger partial charge on any atom is -0.377 e. The lowest BCUT2D eigenvalue weighted by atomic mass is 10.0. The number of likely N-dealkylation sites (tertiary alicyclic amines) is 1. The second-order valence-electron chi connectivity index (χ2n) is 5.97. The van der Waals surface area contributed by atoms with Gasteiger partial charge in [-0.05, 0) is 38.5 Å². The molecule has 0 bridgehead atoms. The molecule has 6 heteroatoms. The summed E-state index contributed by atoms with van der Waals surface area (Å²) in [5.74, 6) is 1.78. The number of nitrogens with zero attached hydrogens (tertiary/aromatic N) is 2. The van der Waals surface area contributed by atoms with Gasteiger partial charge in [-0.3, -0.25) is 4.79 Å². The molecule has 0 saturated carbocycles. The van der Waals surface area contributed by atoms with Crippen molar-refractivity contribution in [2.24, 2.45) is 0 Å². The largest absolute Gasteiger partial charge is 0.377 e. The molecule has 1 amide bonds. The lowest BCUT2D eigenvalue weighted by molar-refractivity contribution is -0.132. The van der Waals surface area contributed by atoms with Gasteiger partial charge in [0, 0.05) is 30.5 Å². The molecule has 0 unspecified atom stereocenters. The molecule has 0 aromatic carbocycles. The average molecular weight is 341 g/mol. The van der Waals surface area contributed by atoms with Gasteiger partial charge in [0.25, 0.3) is 0 Å². The molecule has 2 aliphatic heterocycles. The summed E-state index contributed by atoms with van der Waals surface area (Å²) in [6.07, 6.45) is 9.14. The molecular formula is C16H24N2O2S2. The maximum atomic E-state index is 12.6. The number of thiazole rings is 1. The average Bonchev–Trinajstić information content (AvgIpc) is 3.10. The van der Waals surface area contributed by atoms with E-state index in [1.54, 1.807) is 23.1 Å². The summed E-state index contributed by atoms with van der Waals surface area (Å²) >= 11 is 3.39. The first-order valence-electron chi connectivity index (χ1n) is 8.23. The Morgan fingerprint density at radius 1 is 1.36 bits per heavy atom. The summed E-state index contributed by atoms with van der Waals surface area (Å²) < 4.78 is 5.73. The molecule has 122 valence electrons. The van der Waals surface area contributed by atoms with Crippen molar-refractivity contribution in [2.75, 3.05) is 24.7 Å². The molecule has 3 rings (SSSR count). The zero-order valence-corrected chi connectivity index (χ0v) is 14.5. The lowest BCUT2D eigenvalue weighted by Crippen LogP contribution is -2.39. The van der Waals surface area contributed by atoms with E-state index in [2.05, 4.69) is 9.88 Å². The second kappa shape index (κ2) is 8.31. The van der Waals surface area contributed by atoms with Crippen LogP contribution in [0.15, 0.2) is 11.6 Å².